The molecule has 1 heterocycles. The van der Waals surface area contributed by atoms with Gasteiger partial charge in [-0.3, -0.25) is 9.59 Å². The van der Waals surface area contributed by atoms with E-state index in [4.69, 9.17) is 5.73 Å². The smallest absolute Gasteiger partial charge is 0.245 e. The summed E-state index contributed by atoms with van der Waals surface area (Å²) in [5.41, 5.74) is 7.47. The number of amides is 2. The lowest BCUT2D eigenvalue weighted by Crippen LogP contribution is -2.53. The van der Waals surface area contributed by atoms with Crippen LogP contribution in [0.1, 0.15) is 50.5 Å². The quantitative estimate of drug-likeness (QED) is 0.770. The Balaban J connectivity index is 0.00000240. The highest BCUT2D eigenvalue weighted by atomic mass is 35.5. The maximum atomic E-state index is 13.1. The van der Waals surface area contributed by atoms with Gasteiger partial charge >= 0.3 is 0 Å². The Morgan fingerprint density at radius 1 is 1.03 bits per heavy atom. The fourth-order valence-corrected chi connectivity index (χ4v) is 5.50. The molecule has 2 amide bonds. The zero-order chi connectivity index (χ0) is 19.5. The molecule has 1 aromatic rings. The molecule has 2 saturated carbocycles. The lowest BCUT2D eigenvalue weighted by molar-refractivity contribution is -0.137. The van der Waals surface area contributed by atoms with Crippen LogP contribution in [-0.4, -0.2) is 41.9 Å². The van der Waals surface area contributed by atoms with Gasteiger partial charge in [0.15, 0.2) is 0 Å². The molecule has 2 aliphatic carbocycles. The van der Waals surface area contributed by atoms with E-state index in [9.17, 15) is 9.59 Å². The van der Waals surface area contributed by atoms with Crippen LogP contribution in [0.5, 0.6) is 0 Å². The van der Waals surface area contributed by atoms with Crippen molar-refractivity contribution in [3.05, 3.63) is 35.9 Å². The van der Waals surface area contributed by atoms with Gasteiger partial charge in [0.05, 0.1) is 0 Å². The zero-order valence-corrected chi connectivity index (χ0v) is 17.9. The average Bonchev–Trinajstić information content (AvgIpc) is 3.22. The van der Waals surface area contributed by atoms with Crippen LogP contribution in [0.4, 0.5) is 0 Å². The molecule has 1 aliphatic heterocycles. The van der Waals surface area contributed by atoms with E-state index < -0.39 is 6.04 Å². The third-order valence-electron chi connectivity index (χ3n) is 7.10. The van der Waals surface area contributed by atoms with E-state index in [0.717, 1.165) is 57.2 Å². The van der Waals surface area contributed by atoms with Crippen LogP contribution in [0.3, 0.4) is 0 Å². The third kappa shape index (κ3) is 5.13. The average molecular weight is 420 g/mol. The first-order valence-corrected chi connectivity index (χ1v) is 11.0. The summed E-state index contributed by atoms with van der Waals surface area (Å²) in [6.45, 7) is 1.62. The summed E-state index contributed by atoms with van der Waals surface area (Å²) in [6.07, 6.45) is 7.94. The summed E-state index contributed by atoms with van der Waals surface area (Å²) >= 11 is 0. The van der Waals surface area contributed by atoms with Gasteiger partial charge in [-0.2, -0.15) is 0 Å². The highest BCUT2D eigenvalue weighted by Crippen LogP contribution is 2.41. The predicted molar refractivity (Wildman–Crippen MR) is 117 cm³/mol. The molecule has 1 aromatic carbocycles. The summed E-state index contributed by atoms with van der Waals surface area (Å²) in [5, 5.41) is 3.15. The lowest BCUT2D eigenvalue weighted by Gasteiger charge is -2.43. The molecule has 29 heavy (non-hydrogen) atoms. The maximum absolute atomic E-state index is 13.1. The molecule has 3 fully saturated rings. The first kappa shape index (κ1) is 22.1. The Kier molecular flexibility index (Phi) is 7.58. The summed E-state index contributed by atoms with van der Waals surface area (Å²) in [7, 11) is 0. The molecule has 0 radical (unpaired) electrons. The van der Waals surface area contributed by atoms with Gasteiger partial charge in [0, 0.05) is 31.5 Å². The molecule has 0 spiro atoms. The van der Waals surface area contributed by atoms with Crippen LogP contribution < -0.4 is 11.1 Å². The van der Waals surface area contributed by atoms with Crippen molar-refractivity contribution >= 4 is 24.2 Å². The van der Waals surface area contributed by atoms with E-state index in [2.05, 4.69) is 5.32 Å². The van der Waals surface area contributed by atoms with Crippen molar-refractivity contribution in [3.8, 4) is 0 Å². The van der Waals surface area contributed by atoms with Crippen molar-refractivity contribution in [2.24, 2.45) is 23.5 Å². The van der Waals surface area contributed by atoms with E-state index in [-0.39, 0.29) is 36.2 Å². The number of halogens is 1. The van der Waals surface area contributed by atoms with Gasteiger partial charge in [-0.1, -0.05) is 36.8 Å². The number of likely N-dealkylation sites (tertiary alicyclic amines) is 1. The normalized spacial score (nSPS) is 29.6. The molecular weight excluding hydrogens is 386 g/mol. The summed E-state index contributed by atoms with van der Waals surface area (Å²) in [6, 6.07) is 9.79. The fraction of sp³-hybridized carbons (Fsp3) is 0.652. The highest BCUT2D eigenvalue weighted by molar-refractivity contribution is 5.89. The number of nitrogens with two attached hydrogens (primary N) is 1. The molecule has 2 bridgehead atoms. The second-order valence-electron chi connectivity index (χ2n) is 8.98. The van der Waals surface area contributed by atoms with Crippen LogP contribution in [0.15, 0.2) is 30.3 Å². The Morgan fingerprint density at radius 3 is 2.28 bits per heavy atom. The van der Waals surface area contributed by atoms with Crippen LogP contribution >= 0.6 is 12.4 Å². The number of nitrogens with one attached hydrogen (secondary N) is 1. The second kappa shape index (κ2) is 9.94. The summed E-state index contributed by atoms with van der Waals surface area (Å²) < 4.78 is 0. The minimum Gasteiger partial charge on any atom is -0.344 e. The fourth-order valence-electron chi connectivity index (χ4n) is 5.50. The Bertz CT molecular complexity index is 679. The number of benzene rings is 1. The molecule has 3 unspecified atom stereocenters. The van der Waals surface area contributed by atoms with Crippen molar-refractivity contribution in [1.29, 1.82) is 0 Å². The first-order valence-electron chi connectivity index (χ1n) is 11.0. The number of hydrogen-bond acceptors (Lipinski definition) is 3. The van der Waals surface area contributed by atoms with Crippen molar-refractivity contribution in [3.63, 3.8) is 0 Å². The number of carbonyl (C=O) groups excluding carboxylic acids is 2. The van der Waals surface area contributed by atoms with Crippen LogP contribution in [0, 0.1) is 17.8 Å². The number of carbonyl (C=O) groups is 2. The van der Waals surface area contributed by atoms with Gasteiger partial charge in [-0.15, -0.1) is 12.4 Å². The molecule has 5 nitrogen and oxygen atoms in total. The molecule has 0 aromatic heterocycles. The van der Waals surface area contributed by atoms with Gasteiger partial charge in [0.1, 0.15) is 6.04 Å². The van der Waals surface area contributed by atoms with Gasteiger partial charge in [0.25, 0.3) is 0 Å². The molecule has 6 heteroatoms. The summed E-state index contributed by atoms with van der Waals surface area (Å²) in [4.78, 5) is 28.2. The molecule has 3 atom stereocenters. The Morgan fingerprint density at radius 2 is 1.66 bits per heavy atom. The summed E-state index contributed by atoms with van der Waals surface area (Å²) in [5.74, 6) is 1.05. The minimum atomic E-state index is -0.469. The SMILES string of the molecule is Cl.NC1C2CCCC1CC(C(=O)NC(Cc1ccccc1)C(=O)N1CCCC1)C2. The van der Waals surface area contributed by atoms with Gasteiger partial charge in [0.2, 0.25) is 11.8 Å². The highest BCUT2D eigenvalue weighted by Gasteiger charge is 2.41. The number of fused-ring (bicyclic) bond motifs is 2. The Labute approximate surface area is 180 Å². The standard InChI is InChI=1S/C23H33N3O2.ClH/c24-21-17-9-6-10-18(21)15-19(14-17)22(27)25-20(13-16-7-2-1-3-8-16)23(28)26-11-4-5-12-26;/h1-3,7-8,17-21H,4-6,9-15,24H2,(H,25,27);1H. The van der Waals surface area contributed by atoms with Crippen molar-refractivity contribution in [2.45, 2.75) is 63.5 Å². The van der Waals surface area contributed by atoms with Gasteiger partial charge in [-0.25, -0.2) is 0 Å². The zero-order valence-electron chi connectivity index (χ0n) is 17.1. The largest absolute Gasteiger partial charge is 0.344 e. The molecule has 160 valence electrons. The molecular formula is C23H34ClN3O2. The topological polar surface area (TPSA) is 75.4 Å². The first-order chi connectivity index (χ1) is 13.6. The number of hydrogen-bond donors (Lipinski definition) is 2. The van der Waals surface area contributed by atoms with Crippen molar-refractivity contribution in [1.82, 2.24) is 10.2 Å². The van der Waals surface area contributed by atoms with Crippen molar-refractivity contribution < 1.29 is 9.59 Å². The number of rotatable bonds is 5. The number of nitrogens with zero attached hydrogens (tertiary/aromatic N) is 1. The molecule has 3 aliphatic rings. The van der Waals surface area contributed by atoms with E-state index in [0.29, 0.717) is 18.3 Å². The van der Waals surface area contributed by atoms with Crippen LogP contribution in [0.2, 0.25) is 0 Å². The Hall–Kier alpha value is -1.59. The van der Waals surface area contributed by atoms with Gasteiger partial charge in [-0.05, 0) is 55.9 Å². The van der Waals surface area contributed by atoms with Crippen LogP contribution in [-0.2, 0) is 16.0 Å². The molecule has 1 saturated heterocycles. The van der Waals surface area contributed by atoms with Crippen molar-refractivity contribution in [2.75, 3.05) is 13.1 Å². The molecule has 4 rings (SSSR count). The third-order valence-corrected chi connectivity index (χ3v) is 7.10. The minimum absolute atomic E-state index is 0. The van der Waals surface area contributed by atoms with E-state index in [1.165, 1.54) is 6.42 Å². The lowest BCUT2D eigenvalue weighted by atomic mass is 9.65. The monoisotopic (exact) mass is 419 g/mol. The molecule has 3 N–H and O–H groups in total. The maximum Gasteiger partial charge on any atom is 0.245 e. The second-order valence-corrected chi connectivity index (χ2v) is 8.98. The van der Waals surface area contributed by atoms with Crippen LogP contribution in [0.25, 0.3) is 0 Å². The van der Waals surface area contributed by atoms with E-state index >= 15 is 0 Å². The van der Waals surface area contributed by atoms with E-state index in [1.807, 2.05) is 35.2 Å². The van der Waals surface area contributed by atoms with E-state index in [1.54, 1.807) is 0 Å². The predicted octanol–water partition coefficient (Wildman–Crippen LogP) is 2.91. The van der Waals surface area contributed by atoms with Gasteiger partial charge < -0.3 is 16.0 Å².